The SMILES string of the molecule is COc1cc2c(cc1N=O)CCN[C@]21CS[C@@H]2C(CC(c3cc(OC)c(C)c4c3OCO4)N3C2C2c4c(cc(C)c(OC)c4O)[C@@]4(N)C[C@@H]([C@@H]3C#N)N24)OC1=O. The molecule has 0 saturated carbocycles. The van der Waals surface area contributed by atoms with Gasteiger partial charge in [0.15, 0.2) is 28.5 Å². The van der Waals surface area contributed by atoms with E-state index in [9.17, 15) is 20.1 Å². The molecule has 0 radical (unpaired) electrons. The van der Waals surface area contributed by atoms with Gasteiger partial charge in [0.05, 0.1) is 44.4 Å². The average Bonchev–Trinajstić information content (AvgIpc) is 3.73. The summed E-state index contributed by atoms with van der Waals surface area (Å²) in [5.41, 5.74) is 10.6. The molecule has 0 bridgehead atoms. The van der Waals surface area contributed by atoms with Gasteiger partial charge in [-0.15, -0.1) is 4.91 Å². The third-order valence-corrected chi connectivity index (χ3v) is 15.0. The van der Waals surface area contributed by atoms with Gasteiger partial charge in [0.2, 0.25) is 6.79 Å². The maximum absolute atomic E-state index is 14.9. The zero-order valence-electron chi connectivity index (χ0n) is 31.6. The highest BCUT2D eigenvalue weighted by molar-refractivity contribution is 8.00. The van der Waals surface area contributed by atoms with E-state index < -0.39 is 47.4 Å². The second-order valence-corrected chi connectivity index (χ2v) is 16.9. The number of nitroso groups, excluding NO2 is 1. The molecule has 3 aromatic carbocycles. The van der Waals surface area contributed by atoms with Crippen LogP contribution in [0.2, 0.25) is 0 Å². The van der Waals surface area contributed by atoms with Crippen molar-refractivity contribution in [2.75, 3.05) is 40.4 Å². The fourth-order valence-corrected chi connectivity index (χ4v) is 12.7. The van der Waals surface area contributed by atoms with Gasteiger partial charge in [0, 0.05) is 60.0 Å². The van der Waals surface area contributed by atoms with Gasteiger partial charge >= 0.3 is 5.97 Å². The van der Waals surface area contributed by atoms with Crippen LogP contribution in [-0.2, 0) is 27.2 Å². The molecule has 16 heteroatoms. The smallest absolute Gasteiger partial charge is 0.332 e. The lowest BCUT2D eigenvalue weighted by molar-refractivity contribution is -0.202. The largest absolute Gasteiger partial charge is 0.504 e. The van der Waals surface area contributed by atoms with Crippen LogP contribution in [0, 0.1) is 30.1 Å². The Morgan fingerprint density at radius 2 is 1.88 bits per heavy atom. The zero-order chi connectivity index (χ0) is 39.0. The molecule has 10 rings (SSSR count). The Hall–Kier alpha value is -4.79. The van der Waals surface area contributed by atoms with Crippen molar-refractivity contribution in [2.45, 2.75) is 85.9 Å². The van der Waals surface area contributed by atoms with E-state index in [1.807, 2.05) is 26.0 Å². The molecule has 1 spiro atoms. The van der Waals surface area contributed by atoms with Gasteiger partial charge < -0.3 is 39.3 Å². The average molecular weight is 783 g/mol. The number of nitrogens with zero attached hydrogens (tertiary/aromatic N) is 4. The fourth-order valence-electron chi connectivity index (χ4n) is 11.1. The number of ether oxygens (including phenoxy) is 6. The number of thioether (sulfide) groups is 1. The number of nitrogens with two attached hydrogens (primary N) is 1. The summed E-state index contributed by atoms with van der Waals surface area (Å²) in [5.74, 6) is 2.26. The van der Waals surface area contributed by atoms with Crippen molar-refractivity contribution in [3.05, 3.63) is 68.1 Å². The summed E-state index contributed by atoms with van der Waals surface area (Å²) in [7, 11) is 4.61. The van der Waals surface area contributed by atoms with E-state index in [-0.39, 0.29) is 41.0 Å². The number of benzene rings is 3. The van der Waals surface area contributed by atoms with Gasteiger partial charge in [-0.3, -0.25) is 15.1 Å². The second kappa shape index (κ2) is 12.4. The van der Waals surface area contributed by atoms with Crippen LogP contribution in [-0.4, -0.2) is 90.8 Å². The number of hydrogen-bond donors (Lipinski definition) is 3. The third kappa shape index (κ3) is 4.40. The van der Waals surface area contributed by atoms with Crippen LogP contribution in [0.1, 0.15) is 63.9 Å². The second-order valence-electron chi connectivity index (χ2n) is 15.8. The van der Waals surface area contributed by atoms with Gasteiger partial charge in [0.1, 0.15) is 29.3 Å². The molecule has 4 fully saturated rings. The molecular weight excluding hydrogens is 741 g/mol. The van der Waals surface area contributed by atoms with E-state index in [2.05, 4.69) is 26.4 Å². The maximum atomic E-state index is 14.9. The van der Waals surface area contributed by atoms with Crippen LogP contribution in [0.3, 0.4) is 0 Å². The van der Waals surface area contributed by atoms with Crippen LogP contribution in [0.15, 0.2) is 29.4 Å². The van der Waals surface area contributed by atoms with Crippen molar-refractivity contribution in [2.24, 2.45) is 10.9 Å². The van der Waals surface area contributed by atoms with Crippen LogP contribution in [0.5, 0.6) is 34.5 Å². The third-order valence-electron chi connectivity index (χ3n) is 13.4. The molecule has 0 amide bonds. The first-order chi connectivity index (χ1) is 27.0. The first-order valence-corrected chi connectivity index (χ1v) is 19.8. The molecule has 7 heterocycles. The van der Waals surface area contributed by atoms with Crippen molar-refractivity contribution in [1.82, 2.24) is 15.1 Å². The van der Waals surface area contributed by atoms with Gasteiger partial charge in [-0.1, -0.05) is 0 Å². The Morgan fingerprint density at radius 1 is 1.09 bits per heavy atom. The van der Waals surface area contributed by atoms with Crippen molar-refractivity contribution in [3.8, 4) is 40.6 Å². The van der Waals surface area contributed by atoms with Gasteiger partial charge in [-0.25, -0.2) is 4.79 Å². The minimum absolute atomic E-state index is 0.0239. The summed E-state index contributed by atoms with van der Waals surface area (Å²) in [5, 5.41) is 29.6. The van der Waals surface area contributed by atoms with Gasteiger partial charge in [-0.05, 0) is 72.0 Å². The minimum atomic E-state index is -1.27. The number of nitrogens with one attached hydrogen (secondary N) is 1. The summed E-state index contributed by atoms with van der Waals surface area (Å²) >= 11 is 1.61. The topological polar surface area (TPSA) is 190 Å². The molecule has 0 aromatic heterocycles. The predicted octanol–water partition coefficient (Wildman–Crippen LogP) is 4.19. The number of phenols is 1. The standard InChI is InChI=1S/C40H42N6O9S/c1-17-8-22-30(33(47)34(17)52-5)31-32-37-29(55-38(48)39(15-56-37)21-11-28(51-4)23(44-49)9-19(21)6-7-43-39)12-24(45(32)26(14-41)25-13-40(22,42)46(25)31)20-10-27(50-3)18(2)35-36(20)54-16-53-35/h8-11,24-26,29,31-32,37,43,47H,6-7,12-13,15-16,42H2,1-5H3/t24?,25-,26-,29?,31?,32?,37+,39+,40+/m0/s1. The number of carbonyl (C=O) groups excluding carboxylic acids is 1. The number of methoxy groups -OCH3 is 3. The number of piperazine rings is 1. The summed E-state index contributed by atoms with van der Waals surface area (Å²) in [6.45, 7) is 4.30. The Bertz CT molecular complexity index is 2290. The Labute approximate surface area is 327 Å². The number of carbonyl (C=O) groups is 1. The summed E-state index contributed by atoms with van der Waals surface area (Å²) in [4.78, 5) is 31.1. The lowest BCUT2D eigenvalue weighted by Gasteiger charge is -2.66. The van der Waals surface area contributed by atoms with E-state index >= 15 is 0 Å². The molecule has 15 nitrogen and oxygen atoms in total. The number of rotatable bonds is 5. The Morgan fingerprint density at radius 3 is 2.61 bits per heavy atom. The van der Waals surface area contributed by atoms with E-state index in [4.69, 9.17) is 34.2 Å². The number of piperidine rings is 1. The Balaban J connectivity index is 1.18. The number of phenolic OH excluding ortho intramolecular Hbond substituents is 1. The summed E-state index contributed by atoms with van der Waals surface area (Å²) < 4.78 is 36.1. The van der Waals surface area contributed by atoms with E-state index in [0.717, 1.165) is 27.8 Å². The lowest BCUT2D eigenvalue weighted by atomic mass is 9.73. The molecule has 4 N–H and O–H groups in total. The molecule has 4 unspecified atom stereocenters. The van der Waals surface area contributed by atoms with Crippen LogP contribution >= 0.6 is 11.8 Å². The number of fused-ring (bicyclic) bond motifs is 10. The molecule has 3 aromatic rings. The number of aryl methyl sites for hydroxylation is 1. The summed E-state index contributed by atoms with van der Waals surface area (Å²) in [6.07, 6.45) is 0.762. The van der Waals surface area contributed by atoms with Crippen molar-refractivity contribution in [1.29, 1.82) is 5.26 Å². The number of esters is 1. The first kappa shape index (κ1) is 35.6. The number of hydrogen-bond acceptors (Lipinski definition) is 16. The molecule has 0 aliphatic carbocycles. The highest BCUT2D eigenvalue weighted by Gasteiger charge is 2.72. The number of nitriles is 1. The Kier molecular flexibility index (Phi) is 7.86. The van der Waals surface area contributed by atoms with E-state index in [1.54, 1.807) is 31.0 Å². The molecule has 7 aliphatic rings. The van der Waals surface area contributed by atoms with E-state index in [0.29, 0.717) is 59.9 Å². The van der Waals surface area contributed by atoms with Crippen LogP contribution in [0.4, 0.5) is 5.69 Å². The molecule has 56 heavy (non-hydrogen) atoms. The monoisotopic (exact) mass is 782 g/mol. The number of aromatic hydroxyl groups is 1. The van der Waals surface area contributed by atoms with Crippen LogP contribution < -0.4 is 34.7 Å². The molecule has 9 atom stereocenters. The van der Waals surface area contributed by atoms with Crippen molar-refractivity contribution in [3.63, 3.8) is 0 Å². The molecular formula is C40H42N6O9S. The maximum Gasteiger partial charge on any atom is 0.332 e. The van der Waals surface area contributed by atoms with Crippen molar-refractivity contribution < 1.29 is 38.3 Å². The molecule has 292 valence electrons. The quantitative estimate of drug-likeness (QED) is 0.247. The highest BCUT2D eigenvalue weighted by atomic mass is 32.2. The van der Waals surface area contributed by atoms with Gasteiger partial charge in [-0.2, -0.15) is 17.0 Å². The fraction of sp³-hybridized carbons (Fsp3) is 0.500. The van der Waals surface area contributed by atoms with E-state index in [1.165, 1.54) is 14.2 Å². The first-order valence-electron chi connectivity index (χ1n) is 18.8. The van der Waals surface area contributed by atoms with Gasteiger partial charge in [0.25, 0.3) is 0 Å². The van der Waals surface area contributed by atoms with Crippen molar-refractivity contribution >= 4 is 23.4 Å². The molecule has 4 saturated heterocycles. The zero-order valence-corrected chi connectivity index (χ0v) is 32.4. The predicted molar refractivity (Wildman–Crippen MR) is 202 cm³/mol. The molecule has 7 aliphatic heterocycles. The highest BCUT2D eigenvalue weighted by Crippen LogP contribution is 2.67. The summed E-state index contributed by atoms with van der Waals surface area (Å²) in [6, 6.07) is 7.68. The lowest BCUT2D eigenvalue weighted by Crippen LogP contribution is -2.79. The normalized spacial score (nSPS) is 33.4. The minimum Gasteiger partial charge on any atom is -0.504 e. The van der Waals surface area contributed by atoms with Crippen LogP contribution in [0.25, 0.3) is 0 Å².